The molecule has 2 rings (SSSR count). The van der Waals surface area contributed by atoms with Crippen LogP contribution in [-0.4, -0.2) is 16.4 Å². The number of aromatic nitrogens is 2. The van der Waals surface area contributed by atoms with Crippen molar-refractivity contribution in [1.29, 1.82) is 0 Å². The highest BCUT2D eigenvalue weighted by atomic mass is 35.5. The zero-order valence-electron chi connectivity index (χ0n) is 8.44. The second-order valence-corrected chi connectivity index (χ2v) is 4.04. The van der Waals surface area contributed by atoms with Crippen LogP contribution >= 0.6 is 23.2 Å². The van der Waals surface area contributed by atoms with Gasteiger partial charge in [-0.2, -0.15) is 5.10 Å². The van der Waals surface area contributed by atoms with Gasteiger partial charge in [-0.1, -0.05) is 23.2 Å². The van der Waals surface area contributed by atoms with Gasteiger partial charge in [-0.3, -0.25) is 4.68 Å². The fourth-order valence-corrected chi connectivity index (χ4v) is 1.60. The summed E-state index contributed by atoms with van der Waals surface area (Å²) in [4.78, 5) is 0. The van der Waals surface area contributed by atoms with Crippen molar-refractivity contribution in [3.8, 4) is 5.75 Å². The molecular weight excluding hydrogens is 247 g/mol. The van der Waals surface area contributed by atoms with E-state index in [-0.39, 0.29) is 0 Å². The van der Waals surface area contributed by atoms with Crippen LogP contribution in [0.4, 0.5) is 0 Å². The molecule has 0 saturated carbocycles. The molecule has 1 heterocycles. The van der Waals surface area contributed by atoms with Crippen LogP contribution in [0.3, 0.4) is 0 Å². The molecule has 0 aliphatic heterocycles. The van der Waals surface area contributed by atoms with Crippen molar-refractivity contribution in [2.75, 3.05) is 6.61 Å². The number of hydrogen-bond donors (Lipinski definition) is 0. The Morgan fingerprint density at radius 1 is 1.31 bits per heavy atom. The van der Waals surface area contributed by atoms with Crippen molar-refractivity contribution >= 4 is 23.2 Å². The molecule has 0 amide bonds. The third kappa shape index (κ3) is 2.90. The van der Waals surface area contributed by atoms with Gasteiger partial charge in [-0.05, 0) is 18.2 Å². The van der Waals surface area contributed by atoms with Crippen LogP contribution in [0, 0.1) is 0 Å². The van der Waals surface area contributed by atoms with E-state index in [0.29, 0.717) is 28.9 Å². The highest BCUT2D eigenvalue weighted by Crippen LogP contribution is 2.27. The number of hydrogen-bond acceptors (Lipinski definition) is 2. The largest absolute Gasteiger partial charge is 0.490 e. The first-order valence-corrected chi connectivity index (χ1v) is 5.56. The summed E-state index contributed by atoms with van der Waals surface area (Å²) in [6.07, 6.45) is 3.61. The predicted octanol–water partition coefficient (Wildman–Crippen LogP) is 3.27. The van der Waals surface area contributed by atoms with Gasteiger partial charge >= 0.3 is 0 Å². The van der Waals surface area contributed by atoms with Gasteiger partial charge in [0.15, 0.2) is 0 Å². The standard InChI is InChI=1S/C11H10Cl2N2O/c12-9-2-3-10(13)11(8-9)16-7-6-15-5-1-4-14-15/h1-5,8H,6-7H2. The van der Waals surface area contributed by atoms with E-state index in [2.05, 4.69) is 5.10 Å². The van der Waals surface area contributed by atoms with Crippen molar-refractivity contribution in [2.45, 2.75) is 6.54 Å². The first-order valence-electron chi connectivity index (χ1n) is 4.81. The molecule has 1 aromatic carbocycles. The van der Waals surface area contributed by atoms with Crippen LogP contribution in [0.1, 0.15) is 0 Å². The monoisotopic (exact) mass is 256 g/mol. The number of ether oxygens (including phenoxy) is 1. The first-order chi connectivity index (χ1) is 7.75. The topological polar surface area (TPSA) is 27.1 Å². The van der Waals surface area contributed by atoms with Crippen LogP contribution in [0.25, 0.3) is 0 Å². The van der Waals surface area contributed by atoms with E-state index in [9.17, 15) is 0 Å². The fourth-order valence-electron chi connectivity index (χ4n) is 1.27. The maximum atomic E-state index is 5.95. The third-order valence-electron chi connectivity index (χ3n) is 2.03. The summed E-state index contributed by atoms with van der Waals surface area (Å²) in [5.74, 6) is 0.598. The molecule has 84 valence electrons. The Labute approximate surface area is 104 Å². The van der Waals surface area contributed by atoms with Gasteiger partial charge in [0.25, 0.3) is 0 Å². The van der Waals surface area contributed by atoms with E-state index < -0.39 is 0 Å². The van der Waals surface area contributed by atoms with Crippen molar-refractivity contribution in [3.63, 3.8) is 0 Å². The maximum absolute atomic E-state index is 5.95. The summed E-state index contributed by atoms with van der Waals surface area (Å²) in [5.41, 5.74) is 0. The van der Waals surface area contributed by atoms with Gasteiger partial charge in [0, 0.05) is 23.5 Å². The number of benzene rings is 1. The second-order valence-electron chi connectivity index (χ2n) is 3.19. The lowest BCUT2D eigenvalue weighted by Crippen LogP contribution is -2.08. The maximum Gasteiger partial charge on any atom is 0.139 e. The zero-order chi connectivity index (χ0) is 11.4. The highest BCUT2D eigenvalue weighted by Gasteiger charge is 2.02. The van der Waals surface area contributed by atoms with Gasteiger partial charge in [-0.25, -0.2) is 0 Å². The Hall–Kier alpha value is -1.19. The Kier molecular flexibility index (Phi) is 3.70. The molecule has 5 heteroatoms. The molecule has 16 heavy (non-hydrogen) atoms. The van der Waals surface area contributed by atoms with Gasteiger partial charge in [0.05, 0.1) is 11.6 Å². The van der Waals surface area contributed by atoms with Gasteiger partial charge in [0.2, 0.25) is 0 Å². The average molecular weight is 257 g/mol. The third-order valence-corrected chi connectivity index (χ3v) is 2.58. The molecule has 1 aromatic heterocycles. The van der Waals surface area contributed by atoms with E-state index in [4.69, 9.17) is 27.9 Å². The molecule has 3 nitrogen and oxygen atoms in total. The lowest BCUT2D eigenvalue weighted by atomic mass is 10.3. The first kappa shape index (κ1) is 11.3. The van der Waals surface area contributed by atoms with Crippen LogP contribution in [-0.2, 0) is 6.54 Å². The molecule has 0 bridgehead atoms. The van der Waals surface area contributed by atoms with Crippen LogP contribution in [0.15, 0.2) is 36.7 Å². The molecule has 0 aliphatic rings. The summed E-state index contributed by atoms with van der Waals surface area (Å²) in [6.45, 7) is 1.18. The van der Waals surface area contributed by atoms with E-state index in [1.807, 2.05) is 12.3 Å². The summed E-state index contributed by atoms with van der Waals surface area (Å²) in [5, 5.41) is 5.23. The molecule has 0 spiro atoms. The van der Waals surface area contributed by atoms with Crippen molar-refractivity contribution in [1.82, 2.24) is 9.78 Å². The van der Waals surface area contributed by atoms with Gasteiger partial charge in [0.1, 0.15) is 12.4 Å². The molecule has 0 fully saturated rings. The minimum Gasteiger partial charge on any atom is -0.490 e. The molecule has 0 radical (unpaired) electrons. The van der Waals surface area contributed by atoms with Gasteiger partial charge in [-0.15, -0.1) is 0 Å². The van der Waals surface area contributed by atoms with Crippen LogP contribution in [0.5, 0.6) is 5.75 Å². The van der Waals surface area contributed by atoms with Crippen molar-refractivity contribution in [3.05, 3.63) is 46.7 Å². The summed E-state index contributed by atoms with van der Waals surface area (Å²) in [7, 11) is 0. The quantitative estimate of drug-likeness (QED) is 0.840. The van der Waals surface area contributed by atoms with Crippen molar-refractivity contribution < 1.29 is 4.74 Å². The fraction of sp³-hybridized carbons (Fsp3) is 0.182. The van der Waals surface area contributed by atoms with Gasteiger partial charge < -0.3 is 4.74 Å². The molecule has 2 aromatic rings. The molecule has 0 aliphatic carbocycles. The SMILES string of the molecule is Clc1ccc(Cl)c(OCCn2cccn2)c1. The zero-order valence-corrected chi connectivity index (χ0v) is 9.95. The lowest BCUT2D eigenvalue weighted by molar-refractivity contribution is 0.291. The molecule has 0 unspecified atom stereocenters. The number of rotatable bonds is 4. The van der Waals surface area contributed by atoms with Crippen LogP contribution in [0.2, 0.25) is 10.0 Å². The Balaban J connectivity index is 1.92. The van der Waals surface area contributed by atoms with Crippen molar-refractivity contribution in [2.24, 2.45) is 0 Å². The Bertz CT molecular complexity index is 457. The molecular formula is C11H10Cl2N2O. The molecule has 0 saturated heterocycles. The van der Waals surface area contributed by atoms with E-state index in [1.165, 1.54) is 0 Å². The smallest absolute Gasteiger partial charge is 0.139 e. The normalized spacial score (nSPS) is 10.4. The average Bonchev–Trinajstić information content (AvgIpc) is 2.76. The molecule has 0 N–H and O–H groups in total. The second kappa shape index (κ2) is 5.23. The minimum atomic E-state index is 0.502. The highest BCUT2D eigenvalue weighted by molar-refractivity contribution is 6.34. The van der Waals surface area contributed by atoms with E-state index >= 15 is 0 Å². The molecule has 0 atom stereocenters. The number of halogens is 2. The number of nitrogens with zero attached hydrogens (tertiary/aromatic N) is 2. The van der Waals surface area contributed by atoms with E-state index in [1.54, 1.807) is 29.1 Å². The predicted molar refractivity (Wildman–Crippen MR) is 64.2 cm³/mol. The van der Waals surface area contributed by atoms with Crippen LogP contribution < -0.4 is 4.74 Å². The lowest BCUT2D eigenvalue weighted by Gasteiger charge is -2.08. The minimum absolute atomic E-state index is 0.502. The Morgan fingerprint density at radius 2 is 2.19 bits per heavy atom. The summed E-state index contributed by atoms with van der Waals surface area (Å²) in [6, 6.07) is 7.01. The summed E-state index contributed by atoms with van der Waals surface area (Å²) < 4.78 is 7.30. The van der Waals surface area contributed by atoms with E-state index in [0.717, 1.165) is 0 Å². The Morgan fingerprint density at radius 3 is 2.94 bits per heavy atom. The summed E-state index contributed by atoms with van der Waals surface area (Å²) >= 11 is 11.8.